The van der Waals surface area contributed by atoms with Gasteiger partial charge < -0.3 is 9.31 Å². The van der Waals surface area contributed by atoms with Crippen molar-refractivity contribution in [2.75, 3.05) is 0 Å². The second-order valence-corrected chi connectivity index (χ2v) is 5.12. The van der Waals surface area contributed by atoms with Crippen molar-refractivity contribution >= 4 is 12.7 Å². The highest BCUT2D eigenvalue weighted by molar-refractivity contribution is 6.61. The molecule has 0 atom stereocenters. The van der Waals surface area contributed by atoms with Crippen molar-refractivity contribution in [2.24, 2.45) is 0 Å². The average molecular weight is 241 g/mol. The van der Waals surface area contributed by atoms with Gasteiger partial charge in [-0.15, -0.1) is 0 Å². The third-order valence-corrected chi connectivity index (χ3v) is 3.27. The highest BCUT2D eigenvalue weighted by Gasteiger charge is 2.52. The van der Waals surface area contributed by atoms with Crippen LogP contribution < -0.4 is 5.59 Å². The number of pyridine rings is 1. The molecule has 1 aromatic heterocycles. The van der Waals surface area contributed by atoms with Crippen molar-refractivity contribution in [3.05, 3.63) is 23.9 Å². The van der Waals surface area contributed by atoms with Crippen molar-refractivity contribution in [3.63, 3.8) is 0 Å². The number of aromatic nitrogens is 1. The Kier molecular flexibility index (Phi) is 2.74. The highest BCUT2D eigenvalue weighted by Crippen LogP contribution is 2.36. The molecular weight excluding hydrogens is 227 g/mol. The second-order valence-electron chi connectivity index (χ2n) is 5.12. The summed E-state index contributed by atoms with van der Waals surface area (Å²) in [5.74, 6) is -1.57. The van der Waals surface area contributed by atoms with E-state index >= 15 is 0 Å². The van der Waals surface area contributed by atoms with Crippen LogP contribution in [0.25, 0.3) is 0 Å². The van der Waals surface area contributed by atoms with E-state index in [4.69, 9.17) is 9.31 Å². The van der Waals surface area contributed by atoms with Crippen molar-refractivity contribution in [2.45, 2.75) is 38.9 Å². The molecule has 0 saturated carbocycles. The van der Waals surface area contributed by atoms with Gasteiger partial charge in [0.2, 0.25) is 5.95 Å². The minimum absolute atomic E-state index is 0.112. The lowest BCUT2D eigenvalue weighted by molar-refractivity contribution is 0.00578. The Labute approximate surface area is 99.3 Å². The van der Waals surface area contributed by atoms with Crippen LogP contribution in [-0.2, 0) is 9.31 Å². The van der Waals surface area contributed by atoms with Gasteiger partial charge in [0, 0.05) is 6.07 Å². The topological polar surface area (TPSA) is 31.4 Å². The molecule has 1 aromatic rings. The van der Waals surface area contributed by atoms with Crippen LogP contribution in [-0.4, -0.2) is 23.3 Å². The van der Waals surface area contributed by atoms with E-state index in [9.17, 15) is 8.78 Å². The van der Waals surface area contributed by atoms with Gasteiger partial charge in [-0.25, -0.2) is 9.37 Å². The second kappa shape index (κ2) is 3.75. The Hall–Kier alpha value is -1.01. The Balaban J connectivity index is 2.32. The summed E-state index contributed by atoms with van der Waals surface area (Å²) < 4.78 is 37.4. The molecule has 0 bridgehead atoms. The molecule has 1 aliphatic heterocycles. The van der Waals surface area contributed by atoms with Crippen LogP contribution in [0.3, 0.4) is 0 Å². The van der Waals surface area contributed by atoms with Crippen LogP contribution in [0, 0.1) is 11.8 Å². The van der Waals surface area contributed by atoms with E-state index in [1.165, 1.54) is 0 Å². The Bertz CT molecular complexity index is 415. The highest BCUT2D eigenvalue weighted by atomic mass is 19.1. The maximum Gasteiger partial charge on any atom is 0.514 e. The summed E-state index contributed by atoms with van der Waals surface area (Å²) in [4.78, 5) is 3.59. The Morgan fingerprint density at radius 1 is 1.06 bits per heavy atom. The molecule has 0 aromatic carbocycles. The summed E-state index contributed by atoms with van der Waals surface area (Å²) in [6.45, 7) is 7.45. The predicted molar refractivity (Wildman–Crippen MR) is 59.9 cm³/mol. The monoisotopic (exact) mass is 241 g/mol. The first-order valence-corrected chi connectivity index (χ1v) is 5.40. The molecule has 0 N–H and O–H groups in total. The average Bonchev–Trinajstić information content (AvgIpc) is 2.34. The smallest absolute Gasteiger partial charge is 0.398 e. The third-order valence-electron chi connectivity index (χ3n) is 3.27. The van der Waals surface area contributed by atoms with Gasteiger partial charge in [0.05, 0.1) is 16.8 Å². The van der Waals surface area contributed by atoms with Crippen LogP contribution >= 0.6 is 0 Å². The van der Waals surface area contributed by atoms with Crippen LogP contribution in [0.4, 0.5) is 8.78 Å². The number of hydrogen-bond donors (Lipinski definition) is 0. The minimum Gasteiger partial charge on any atom is -0.398 e. The zero-order valence-electron chi connectivity index (χ0n) is 10.3. The molecule has 2 rings (SSSR count). The van der Waals surface area contributed by atoms with Crippen molar-refractivity contribution in [3.8, 4) is 0 Å². The van der Waals surface area contributed by atoms with Crippen LogP contribution in [0.1, 0.15) is 27.7 Å². The lowest BCUT2D eigenvalue weighted by atomic mass is 9.84. The van der Waals surface area contributed by atoms with Gasteiger partial charge in [-0.2, -0.15) is 4.39 Å². The molecule has 0 unspecified atom stereocenters. The molecule has 3 nitrogen and oxygen atoms in total. The molecule has 1 fully saturated rings. The van der Waals surface area contributed by atoms with Gasteiger partial charge in [-0.1, -0.05) is 0 Å². The summed E-state index contributed by atoms with van der Waals surface area (Å²) in [6, 6.07) is 1.83. The summed E-state index contributed by atoms with van der Waals surface area (Å²) in [7, 11) is -0.842. The number of halogens is 2. The van der Waals surface area contributed by atoms with Gasteiger partial charge in [0.25, 0.3) is 0 Å². The quantitative estimate of drug-likeness (QED) is 0.553. The first-order valence-electron chi connectivity index (χ1n) is 5.40. The molecule has 0 amide bonds. The zero-order valence-corrected chi connectivity index (χ0v) is 10.3. The van der Waals surface area contributed by atoms with E-state index in [1.807, 2.05) is 27.7 Å². The summed E-state index contributed by atoms with van der Waals surface area (Å²) >= 11 is 0. The molecule has 2 heterocycles. The minimum atomic E-state index is -0.880. The Morgan fingerprint density at radius 3 is 2.06 bits per heavy atom. The normalized spacial score (nSPS) is 21.9. The molecule has 1 aliphatic rings. The molecule has 92 valence electrons. The van der Waals surface area contributed by atoms with Crippen LogP contribution in [0.15, 0.2) is 12.1 Å². The molecule has 0 aliphatic carbocycles. The molecule has 17 heavy (non-hydrogen) atoms. The van der Waals surface area contributed by atoms with Crippen molar-refractivity contribution in [1.29, 1.82) is 0 Å². The van der Waals surface area contributed by atoms with Gasteiger partial charge in [0.15, 0.2) is 0 Å². The van der Waals surface area contributed by atoms with E-state index in [-0.39, 0.29) is 5.59 Å². The first kappa shape index (κ1) is 12.5. The van der Waals surface area contributed by atoms with Crippen molar-refractivity contribution in [1.82, 2.24) is 4.98 Å². The summed E-state index contributed by atoms with van der Waals surface area (Å²) in [5.41, 5.74) is -0.995. The fourth-order valence-corrected chi connectivity index (χ4v) is 1.57. The maximum absolute atomic E-state index is 13.1. The third kappa shape index (κ3) is 2.19. The fraction of sp³-hybridized carbons (Fsp3) is 0.545. The molecular formula is C11H14BF2NO2. The van der Waals surface area contributed by atoms with E-state index in [0.717, 1.165) is 12.1 Å². The number of rotatable bonds is 1. The maximum atomic E-state index is 13.1. The number of hydrogen-bond acceptors (Lipinski definition) is 3. The standard InChI is InChI=1S/C11H14BF2NO2/c1-10(2)11(3,4)17-12(16-10)8-5-7(13)6-9(14)15-8/h5-6H,1-4H3. The van der Waals surface area contributed by atoms with Crippen LogP contribution in [0.5, 0.6) is 0 Å². The molecule has 1 saturated heterocycles. The van der Waals surface area contributed by atoms with Gasteiger partial charge in [-0.3, -0.25) is 0 Å². The lowest BCUT2D eigenvalue weighted by Gasteiger charge is -2.32. The van der Waals surface area contributed by atoms with E-state index in [1.54, 1.807) is 0 Å². The van der Waals surface area contributed by atoms with Gasteiger partial charge in [-0.05, 0) is 33.8 Å². The summed E-state index contributed by atoms with van der Waals surface area (Å²) in [6.07, 6.45) is 0. The molecule has 0 radical (unpaired) electrons. The van der Waals surface area contributed by atoms with E-state index in [2.05, 4.69) is 4.98 Å². The van der Waals surface area contributed by atoms with Gasteiger partial charge >= 0.3 is 7.12 Å². The van der Waals surface area contributed by atoms with Crippen molar-refractivity contribution < 1.29 is 18.1 Å². The Morgan fingerprint density at radius 2 is 1.59 bits per heavy atom. The number of nitrogens with zero attached hydrogens (tertiary/aromatic N) is 1. The zero-order chi connectivity index (χ0) is 12.8. The summed E-state index contributed by atoms with van der Waals surface area (Å²) in [5, 5.41) is 0. The SMILES string of the molecule is CC1(C)OB(c2cc(F)cc(F)n2)OC1(C)C. The first-order chi connectivity index (χ1) is 7.71. The van der Waals surface area contributed by atoms with Gasteiger partial charge in [0.1, 0.15) is 5.82 Å². The predicted octanol–water partition coefficient (Wildman–Crippen LogP) is 1.66. The van der Waals surface area contributed by atoms with Crippen LogP contribution in [0.2, 0.25) is 0 Å². The lowest BCUT2D eigenvalue weighted by Crippen LogP contribution is -2.41. The van der Waals surface area contributed by atoms with E-state index < -0.39 is 30.1 Å². The van der Waals surface area contributed by atoms with E-state index in [0.29, 0.717) is 0 Å². The molecule has 6 heteroatoms. The fourth-order valence-electron chi connectivity index (χ4n) is 1.57. The molecule has 0 spiro atoms. The largest absolute Gasteiger partial charge is 0.514 e.